The van der Waals surface area contributed by atoms with Crippen LogP contribution in [0, 0.1) is 6.92 Å². The zero-order valence-corrected chi connectivity index (χ0v) is 16.9. The lowest BCUT2D eigenvalue weighted by Crippen LogP contribution is -2.41. The Morgan fingerprint density at radius 3 is 2.74 bits per heavy atom. The molecule has 0 unspecified atom stereocenters. The number of amides is 3. The molecule has 8 nitrogen and oxygen atoms in total. The maximum Gasteiger partial charge on any atom is 0.322 e. The van der Waals surface area contributed by atoms with E-state index >= 15 is 0 Å². The molecular weight excluding hydrogens is 416 g/mol. The highest BCUT2D eigenvalue weighted by atomic mass is 79.9. The molecule has 0 aliphatic rings. The van der Waals surface area contributed by atoms with Crippen molar-refractivity contribution >= 4 is 39.4 Å². The number of anilines is 2. The molecule has 0 aliphatic heterocycles. The van der Waals surface area contributed by atoms with Crippen molar-refractivity contribution in [2.75, 3.05) is 36.9 Å². The van der Waals surface area contributed by atoms with Crippen molar-refractivity contribution in [3.63, 3.8) is 0 Å². The van der Waals surface area contributed by atoms with Crippen LogP contribution < -0.4 is 10.6 Å². The highest BCUT2D eigenvalue weighted by Crippen LogP contribution is 2.21. The highest BCUT2D eigenvalue weighted by molar-refractivity contribution is 9.10. The molecule has 0 aliphatic carbocycles. The van der Waals surface area contributed by atoms with Crippen LogP contribution >= 0.6 is 15.9 Å². The molecule has 2 aromatic rings. The molecule has 0 bridgehead atoms. The minimum Gasteiger partial charge on any atom is -0.382 e. The van der Waals surface area contributed by atoms with E-state index in [9.17, 15) is 9.59 Å². The number of halogens is 1. The molecule has 9 heteroatoms. The van der Waals surface area contributed by atoms with E-state index in [0.717, 1.165) is 4.47 Å². The van der Waals surface area contributed by atoms with Gasteiger partial charge in [-0.15, -0.1) is 0 Å². The fraction of sp³-hybridized carbons (Fsp3) is 0.389. The molecule has 0 atom stereocenters. The Morgan fingerprint density at radius 2 is 2.07 bits per heavy atom. The zero-order valence-electron chi connectivity index (χ0n) is 15.3. The zero-order chi connectivity index (χ0) is 19.6. The van der Waals surface area contributed by atoms with Crippen LogP contribution in [0.5, 0.6) is 0 Å². The summed E-state index contributed by atoms with van der Waals surface area (Å²) in [6.07, 6.45) is 0.619. The van der Waals surface area contributed by atoms with Crippen LogP contribution in [-0.2, 0) is 9.53 Å². The Kier molecular flexibility index (Phi) is 8.28. The van der Waals surface area contributed by atoms with Crippen LogP contribution in [0.2, 0.25) is 0 Å². The summed E-state index contributed by atoms with van der Waals surface area (Å²) in [6.45, 7) is 5.02. The van der Waals surface area contributed by atoms with Crippen molar-refractivity contribution in [3.05, 3.63) is 40.6 Å². The molecule has 2 rings (SSSR count). The van der Waals surface area contributed by atoms with Gasteiger partial charge in [0.15, 0.2) is 5.82 Å². The second-order valence-corrected chi connectivity index (χ2v) is 6.61. The van der Waals surface area contributed by atoms with Gasteiger partial charge in [-0.2, -0.15) is 0 Å². The lowest BCUT2D eigenvalue weighted by atomic mass is 10.3. The lowest BCUT2D eigenvalue weighted by molar-refractivity contribution is -0.116. The van der Waals surface area contributed by atoms with Gasteiger partial charge in [0.2, 0.25) is 5.91 Å². The number of carbonyl (C=O) groups excluding carboxylic acids is 2. The van der Waals surface area contributed by atoms with Crippen molar-refractivity contribution in [3.8, 4) is 0 Å². The van der Waals surface area contributed by atoms with Gasteiger partial charge in [0.25, 0.3) is 0 Å². The number of aromatic nitrogens is 1. The molecule has 0 radical (unpaired) electrons. The molecule has 1 aromatic carbocycles. The first-order chi connectivity index (χ1) is 13.0. The van der Waals surface area contributed by atoms with Crippen LogP contribution in [0.15, 0.2) is 39.3 Å². The minimum absolute atomic E-state index is 0.117. The molecule has 146 valence electrons. The summed E-state index contributed by atoms with van der Waals surface area (Å²) in [5.74, 6) is 0.547. The maximum absolute atomic E-state index is 12.7. The van der Waals surface area contributed by atoms with E-state index in [4.69, 9.17) is 9.26 Å². The topological polar surface area (TPSA) is 96.7 Å². The summed E-state index contributed by atoms with van der Waals surface area (Å²) in [6, 6.07) is 8.52. The third-order valence-electron chi connectivity index (χ3n) is 3.55. The number of carbonyl (C=O) groups is 2. The molecular formula is C18H23BrN4O4. The van der Waals surface area contributed by atoms with Gasteiger partial charge in [0.1, 0.15) is 12.3 Å². The van der Waals surface area contributed by atoms with Gasteiger partial charge in [-0.25, -0.2) is 4.79 Å². The Morgan fingerprint density at radius 1 is 1.30 bits per heavy atom. The normalized spacial score (nSPS) is 10.5. The van der Waals surface area contributed by atoms with E-state index in [0.29, 0.717) is 43.4 Å². The Labute approximate surface area is 166 Å². The van der Waals surface area contributed by atoms with Gasteiger partial charge >= 0.3 is 6.03 Å². The van der Waals surface area contributed by atoms with Crippen LogP contribution in [0.3, 0.4) is 0 Å². The summed E-state index contributed by atoms with van der Waals surface area (Å²) in [5, 5.41) is 9.15. The van der Waals surface area contributed by atoms with E-state index in [1.807, 2.05) is 25.1 Å². The number of nitrogens with one attached hydrogen (secondary N) is 2. The molecule has 0 fully saturated rings. The minimum atomic E-state index is -0.370. The van der Waals surface area contributed by atoms with Gasteiger partial charge in [0, 0.05) is 30.3 Å². The molecule has 0 saturated heterocycles. The number of para-hydroxylation sites is 1. The first-order valence-electron chi connectivity index (χ1n) is 8.61. The van der Waals surface area contributed by atoms with Crippen LogP contribution in [0.4, 0.5) is 16.3 Å². The second kappa shape index (κ2) is 10.7. The van der Waals surface area contributed by atoms with Gasteiger partial charge in [-0.05, 0) is 48.3 Å². The fourth-order valence-corrected chi connectivity index (χ4v) is 2.68. The number of urea groups is 1. The van der Waals surface area contributed by atoms with E-state index in [2.05, 4.69) is 31.7 Å². The summed E-state index contributed by atoms with van der Waals surface area (Å²) >= 11 is 3.39. The number of benzene rings is 1. The number of nitrogens with zero attached hydrogens (tertiary/aromatic N) is 2. The van der Waals surface area contributed by atoms with Crippen LogP contribution in [-0.4, -0.2) is 48.3 Å². The first-order valence-corrected chi connectivity index (χ1v) is 9.40. The number of aryl methyl sites for hydroxylation is 1. The summed E-state index contributed by atoms with van der Waals surface area (Å²) < 4.78 is 11.0. The number of hydrogen-bond acceptors (Lipinski definition) is 5. The van der Waals surface area contributed by atoms with Crippen LogP contribution in [0.1, 0.15) is 19.1 Å². The van der Waals surface area contributed by atoms with E-state index in [1.165, 1.54) is 4.90 Å². The van der Waals surface area contributed by atoms with Crippen molar-refractivity contribution < 1.29 is 18.8 Å². The average molecular weight is 439 g/mol. The standard InChI is InChI=1S/C18H23BrN4O4/c1-3-26-10-6-9-23(12-17(24)21-16-11-13(2)27-22-16)18(25)20-15-8-5-4-7-14(15)19/h4-5,7-8,11H,3,6,9-10,12H2,1-2H3,(H,20,25)(H,21,22,24). The van der Waals surface area contributed by atoms with Crippen molar-refractivity contribution in [1.29, 1.82) is 0 Å². The van der Waals surface area contributed by atoms with Crippen molar-refractivity contribution in [2.45, 2.75) is 20.3 Å². The van der Waals surface area contributed by atoms with Gasteiger partial charge in [-0.3, -0.25) is 4.79 Å². The predicted molar refractivity (Wildman–Crippen MR) is 106 cm³/mol. The average Bonchev–Trinajstić information content (AvgIpc) is 3.04. The molecule has 3 amide bonds. The highest BCUT2D eigenvalue weighted by Gasteiger charge is 2.18. The van der Waals surface area contributed by atoms with Gasteiger partial charge in [0.05, 0.1) is 5.69 Å². The van der Waals surface area contributed by atoms with Crippen molar-refractivity contribution in [2.24, 2.45) is 0 Å². The van der Waals surface area contributed by atoms with Crippen molar-refractivity contribution in [1.82, 2.24) is 10.1 Å². The van der Waals surface area contributed by atoms with Gasteiger partial charge < -0.3 is 24.8 Å². The summed E-state index contributed by atoms with van der Waals surface area (Å²) in [5.41, 5.74) is 0.629. The third kappa shape index (κ3) is 7.03. The Balaban J connectivity index is 1.99. The Hall–Kier alpha value is -2.39. The van der Waals surface area contributed by atoms with E-state index in [-0.39, 0.29) is 18.5 Å². The lowest BCUT2D eigenvalue weighted by Gasteiger charge is -2.22. The fourth-order valence-electron chi connectivity index (χ4n) is 2.29. The van der Waals surface area contributed by atoms with Crippen LogP contribution in [0.25, 0.3) is 0 Å². The molecule has 27 heavy (non-hydrogen) atoms. The number of hydrogen-bond donors (Lipinski definition) is 2. The molecule has 0 spiro atoms. The van der Waals surface area contributed by atoms with Gasteiger partial charge in [-0.1, -0.05) is 17.3 Å². The quantitative estimate of drug-likeness (QED) is 0.582. The summed E-state index contributed by atoms with van der Waals surface area (Å²) in [7, 11) is 0. The summed E-state index contributed by atoms with van der Waals surface area (Å²) in [4.78, 5) is 26.4. The molecule has 1 aromatic heterocycles. The number of rotatable bonds is 9. The monoisotopic (exact) mass is 438 g/mol. The molecule has 2 N–H and O–H groups in total. The molecule has 0 saturated carbocycles. The van der Waals surface area contributed by atoms with E-state index < -0.39 is 0 Å². The first kappa shape index (κ1) is 20.9. The smallest absolute Gasteiger partial charge is 0.322 e. The third-order valence-corrected chi connectivity index (χ3v) is 4.24. The maximum atomic E-state index is 12.7. The van der Waals surface area contributed by atoms with E-state index in [1.54, 1.807) is 19.1 Å². The molecule has 1 heterocycles. The Bertz CT molecular complexity index is 765. The predicted octanol–water partition coefficient (Wildman–Crippen LogP) is 3.64. The largest absolute Gasteiger partial charge is 0.382 e. The second-order valence-electron chi connectivity index (χ2n) is 5.75. The SMILES string of the molecule is CCOCCCN(CC(=O)Nc1cc(C)on1)C(=O)Nc1ccccc1Br. The number of ether oxygens (including phenoxy) is 1.